The molecule has 1 saturated heterocycles. The Morgan fingerprint density at radius 1 is 1.18 bits per heavy atom. The standard InChI is InChI=1S/C14H21NO2/c1-10-8-12(9-11(2)17-10)15-13-6-4-5-7-14(13)16-3/h4-7,10-12,15H,8-9H2,1-3H3. The van der Waals surface area contributed by atoms with Crippen molar-refractivity contribution in [3.8, 4) is 5.75 Å². The van der Waals surface area contributed by atoms with Crippen LogP contribution in [0.2, 0.25) is 0 Å². The van der Waals surface area contributed by atoms with E-state index < -0.39 is 0 Å². The SMILES string of the molecule is COc1ccccc1NC1CC(C)OC(C)C1. The van der Waals surface area contributed by atoms with Crippen molar-refractivity contribution >= 4 is 5.69 Å². The second-order valence-corrected chi connectivity index (χ2v) is 4.77. The van der Waals surface area contributed by atoms with Crippen molar-refractivity contribution < 1.29 is 9.47 Å². The number of benzene rings is 1. The molecule has 2 atom stereocenters. The lowest BCUT2D eigenvalue weighted by Gasteiger charge is -2.33. The van der Waals surface area contributed by atoms with Crippen molar-refractivity contribution in [3.05, 3.63) is 24.3 Å². The first kappa shape index (κ1) is 12.2. The van der Waals surface area contributed by atoms with E-state index in [1.165, 1.54) is 0 Å². The molecule has 94 valence electrons. The maximum absolute atomic E-state index is 5.74. The third-order valence-electron chi connectivity index (χ3n) is 3.16. The summed E-state index contributed by atoms with van der Waals surface area (Å²) in [5, 5.41) is 3.56. The molecule has 0 saturated carbocycles. The fourth-order valence-corrected chi connectivity index (χ4v) is 2.51. The molecular formula is C14H21NO2. The van der Waals surface area contributed by atoms with E-state index in [4.69, 9.17) is 9.47 Å². The number of hydrogen-bond acceptors (Lipinski definition) is 3. The van der Waals surface area contributed by atoms with Crippen molar-refractivity contribution in [1.82, 2.24) is 0 Å². The van der Waals surface area contributed by atoms with Gasteiger partial charge in [-0.1, -0.05) is 12.1 Å². The van der Waals surface area contributed by atoms with Gasteiger partial charge in [-0.3, -0.25) is 0 Å². The number of methoxy groups -OCH3 is 1. The van der Waals surface area contributed by atoms with Gasteiger partial charge in [0.05, 0.1) is 25.0 Å². The normalized spacial score (nSPS) is 28.8. The first-order chi connectivity index (χ1) is 8.19. The predicted molar refractivity (Wildman–Crippen MR) is 69.6 cm³/mol. The van der Waals surface area contributed by atoms with E-state index in [2.05, 4.69) is 25.2 Å². The van der Waals surface area contributed by atoms with Gasteiger partial charge >= 0.3 is 0 Å². The zero-order chi connectivity index (χ0) is 12.3. The molecule has 3 nitrogen and oxygen atoms in total. The average Bonchev–Trinajstić information content (AvgIpc) is 2.28. The van der Waals surface area contributed by atoms with Gasteiger partial charge < -0.3 is 14.8 Å². The van der Waals surface area contributed by atoms with Crippen molar-refractivity contribution in [2.75, 3.05) is 12.4 Å². The molecule has 1 heterocycles. The van der Waals surface area contributed by atoms with E-state index in [1.54, 1.807) is 7.11 Å². The highest BCUT2D eigenvalue weighted by molar-refractivity contribution is 5.56. The van der Waals surface area contributed by atoms with Gasteiger partial charge in [0.25, 0.3) is 0 Å². The molecule has 1 aliphatic heterocycles. The highest BCUT2D eigenvalue weighted by Gasteiger charge is 2.24. The summed E-state index contributed by atoms with van der Waals surface area (Å²) in [7, 11) is 1.70. The number of nitrogens with one attached hydrogen (secondary N) is 1. The van der Waals surface area contributed by atoms with Crippen molar-refractivity contribution in [2.24, 2.45) is 0 Å². The molecule has 1 aromatic carbocycles. The first-order valence-corrected chi connectivity index (χ1v) is 6.24. The van der Waals surface area contributed by atoms with E-state index in [1.807, 2.05) is 18.2 Å². The summed E-state index contributed by atoms with van der Waals surface area (Å²) in [6.45, 7) is 4.26. The van der Waals surface area contributed by atoms with Gasteiger partial charge in [0.2, 0.25) is 0 Å². The largest absolute Gasteiger partial charge is 0.495 e. The third kappa shape index (κ3) is 3.13. The van der Waals surface area contributed by atoms with Crippen LogP contribution in [0.3, 0.4) is 0 Å². The molecule has 0 bridgehead atoms. The number of anilines is 1. The summed E-state index contributed by atoms with van der Waals surface area (Å²) in [4.78, 5) is 0. The zero-order valence-corrected chi connectivity index (χ0v) is 10.8. The molecule has 2 rings (SSSR count). The Labute approximate surface area is 103 Å². The van der Waals surface area contributed by atoms with Crippen LogP contribution in [0, 0.1) is 0 Å². The van der Waals surface area contributed by atoms with E-state index in [0.717, 1.165) is 24.3 Å². The van der Waals surface area contributed by atoms with E-state index >= 15 is 0 Å². The molecular weight excluding hydrogens is 214 g/mol. The van der Waals surface area contributed by atoms with Crippen molar-refractivity contribution in [1.29, 1.82) is 0 Å². The number of ether oxygens (including phenoxy) is 2. The second kappa shape index (κ2) is 5.41. The smallest absolute Gasteiger partial charge is 0.141 e. The topological polar surface area (TPSA) is 30.5 Å². The van der Waals surface area contributed by atoms with Gasteiger partial charge in [0, 0.05) is 6.04 Å². The lowest BCUT2D eigenvalue weighted by molar-refractivity contribution is -0.0338. The maximum atomic E-state index is 5.74. The molecule has 1 aliphatic rings. The van der Waals surface area contributed by atoms with Crippen LogP contribution in [-0.4, -0.2) is 25.4 Å². The van der Waals surface area contributed by atoms with Crippen LogP contribution < -0.4 is 10.1 Å². The van der Waals surface area contributed by atoms with E-state index in [-0.39, 0.29) is 0 Å². The highest BCUT2D eigenvalue weighted by Crippen LogP contribution is 2.28. The molecule has 1 aromatic rings. The highest BCUT2D eigenvalue weighted by atomic mass is 16.5. The van der Waals surface area contributed by atoms with Crippen molar-refractivity contribution in [2.45, 2.75) is 44.9 Å². The molecule has 0 spiro atoms. The zero-order valence-electron chi connectivity index (χ0n) is 10.8. The molecule has 0 aromatic heterocycles. The first-order valence-electron chi connectivity index (χ1n) is 6.24. The molecule has 1 N–H and O–H groups in total. The van der Waals surface area contributed by atoms with Crippen LogP contribution in [0.5, 0.6) is 5.75 Å². The molecule has 17 heavy (non-hydrogen) atoms. The molecule has 0 radical (unpaired) electrons. The van der Waals surface area contributed by atoms with E-state index in [0.29, 0.717) is 18.2 Å². The monoisotopic (exact) mass is 235 g/mol. The lowest BCUT2D eigenvalue weighted by atomic mass is 9.99. The van der Waals surface area contributed by atoms with Crippen LogP contribution >= 0.6 is 0 Å². The van der Waals surface area contributed by atoms with Crippen LogP contribution in [-0.2, 0) is 4.74 Å². The van der Waals surface area contributed by atoms with Gasteiger partial charge in [-0.15, -0.1) is 0 Å². The summed E-state index contributed by atoms with van der Waals surface area (Å²) >= 11 is 0. The maximum Gasteiger partial charge on any atom is 0.141 e. The molecule has 0 aliphatic carbocycles. The minimum atomic E-state index is 0.325. The lowest BCUT2D eigenvalue weighted by Crippen LogP contribution is -2.36. The van der Waals surface area contributed by atoms with Crippen molar-refractivity contribution in [3.63, 3.8) is 0 Å². The van der Waals surface area contributed by atoms with Crippen LogP contribution in [0.25, 0.3) is 0 Å². The minimum Gasteiger partial charge on any atom is -0.495 e. The summed E-state index contributed by atoms with van der Waals surface area (Å²) < 4.78 is 11.1. The summed E-state index contributed by atoms with van der Waals surface area (Å²) in [5.41, 5.74) is 1.07. The average molecular weight is 235 g/mol. The number of rotatable bonds is 3. The Bertz CT molecular complexity index is 357. The second-order valence-electron chi connectivity index (χ2n) is 4.77. The van der Waals surface area contributed by atoms with Gasteiger partial charge in [0.1, 0.15) is 5.75 Å². The predicted octanol–water partition coefficient (Wildman–Crippen LogP) is 3.06. The molecule has 0 amide bonds. The molecule has 2 unspecified atom stereocenters. The van der Waals surface area contributed by atoms with Crippen LogP contribution in [0.15, 0.2) is 24.3 Å². The Hall–Kier alpha value is -1.22. The fraction of sp³-hybridized carbons (Fsp3) is 0.571. The van der Waals surface area contributed by atoms with Crippen LogP contribution in [0.4, 0.5) is 5.69 Å². The fourth-order valence-electron chi connectivity index (χ4n) is 2.51. The third-order valence-corrected chi connectivity index (χ3v) is 3.16. The van der Waals surface area contributed by atoms with Gasteiger partial charge in [-0.2, -0.15) is 0 Å². The summed E-state index contributed by atoms with van der Waals surface area (Å²) in [6, 6.07) is 8.51. The Morgan fingerprint density at radius 2 is 1.82 bits per heavy atom. The number of hydrogen-bond donors (Lipinski definition) is 1. The Balaban J connectivity index is 2.04. The molecule has 1 fully saturated rings. The summed E-state index contributed by atoms with van der Waals surface area (Å²) in [6.07, 6.45) is 2.74. The van der Waals surface area contributed by atoms with Crippen LogP contribution in [0.1, 0.15) is 26.7 Å². The van der Waals surface area contributed by atoms with Gasteiger partial charge in [0.15, 0.2) is 0 Å². The van der Waals surface area contributed by atoms with Gasteiger partial charge in [-0.05, 0) is 38.8 Å². The Morgan fingerprint density at radius 3 is 2.47 bits per heavy atom. The Kier molecular flexibility index (Phi) is 3.89. The van der Waals surface area contributed by atoms with E-state index in [9.17, 15) is 0 Å². The molecule has 3 heteroatoms. The minimum absolute atomic E-state index is 0.325. The van der Waals surface area contributed by atoms with Gasteiger partial charge in [-0.25, -0.2) is 0 Å². The number of para-hydroxylation sites is 2. The summed E-state index contributed by atoms with van der Waals surface area (Å²) in [5.74, 6) is 0.902. The quantitative estimate of drug-likeness (QED) is 0.873.